The van der Waals surface area contributed by atoms with Gasteiger partial charge in [0.25, 0.3) is 0 Å². The molecule has 1 saturated heterocycles. The maximum Gasteiger partial charge on any atom is 0.305 e. The van der Waals surface area contributed by atoms with Crippen molar-refractivity contribution in [3.05, 3.63) is 78.4 Å². The minimum Gasteiger partial charge on any atom is -0.497 e. The van der Waals surface area contributed by atoms with Crippen LogP contribution in [0.15, 0.2) is 67.0 Å². The molecule has 1 N–H and O–H groups in total. The van der Waals surface area contributed by atoms with Crippen molar-refractivity contribution in [1.29, 1.82) is 0 Å². The van der Waals surface area contributed by atoms with Gasteiger partial charge in [-0.1, -0.05) is 6.07 Å². The van der Waals surface area contributed by atoms with E-state index in [2.05, 4.69) is 25.8 Å². The number of rotatable bonds is 8. The highest BCUT2D eigenvalue weighted by atomic mass is 32.1. The van der Waals surface area contributed by atoms with Crippen molar-refractivity contribution < 1.29 is 14.3 Å². The summed E-state index contributed by atoms with van der Waals surface area (Å²) in [6.07, 6.45) is 4.82. The first-order valence-electron chi connectivity index (χ1n) is 10.5. The molecular formula is C24H26N4O3S. The van der Waals surface area contributed by atoms with Crippen LogP contribution in [-0.2, 0) is 9.53 Å². The van der Waals surface area contributed by atoms with Crippen molar-refractivity contribution in [2.45, 2.75) is 24.9 Å². The molecule has 0 bridgehead atoms. The maximum atomic E-state index is 11.6. The smallest absolute Gasteiger partial charge is 0.305 e. The van der Waals surface area contributed by atoms with Crippen LogP contribution in [0.4, 0.5) is 0 Å². The second kappa shape index (κ2) is 9.82. The van der Waals surface area contributed by atoms with Crippen molar-refractivity contribution in [2.24, 2.45) is 0 Å². The number of benzene rings is 1. The van der Waals surface area contributed by atoms with E-state index in [1.54, 1.807) is 13.3 Å². The lowest BCUT2D eigenvalue weighted by Crippen LogP contribution is -2.31. The zero-order valence-electron chi connectivity index (χ0n) is 18.1. The third-order valence-electron chi connectivity index (χ3n) is 5.64. The molecule has 0 unspecified atom stereocenters. The van der Waals surface area contributed by atoms with Crippen LogP contribution in [0.2, 0.25) is 0 Å². The summed E-state index contributed by atoms with van der Waals surface area (Å²) in [5.74, 6) is 0.587. The third kappa shape index (κ3) is 4.45. The number of pyridine rings is 1. The molecule has 32 heavy (non-hydrogen) atoms. The molecule has 0 amide bonds. The molecule has 1 aromatic carbocycles. The lowest BCUT2D eigenvalue weighted by Gasteiger charge is -2.29. The average molecular weight is 451 g/mol. The Bertz CT molecular complexity index is 1070. The number of carbonyl (C=O) groups excluding carboxylic acids is 1. The van der Waals surface area contributed by atoms with Gasteiger partial charge in [0, 0.05) is 36.7 Å². The van der Waals surface area contributed by atoms with Crippen LogP contribution >= 0.6 is 12.2 Å². The molecule has 7 nitrogen and oxygen atoms in total. The van der Waals surface area contributed by atoms with Gasteiger partial charge < -0.3 is 24.3 Å². The van der Waals surface area contributed by atoms with Gasteiger partial charge in [-0.2, -0.15) is 0 Å². The Morgan fingerprint density at radius 1 is 1.12 bits per heavy atom. The van der Waals surface area contributed by atoms with Gasteiger partial charge in [-0.15, -0.1) is 0 Å². The summed E-state index contributed by atoms with van der Waals surface area (Å²) in [7, 11) is 3.07. The van der Waals surface area contributed by atoms with E-state index in [0.717, 1.165) is 22.8 Å². The monoisotopic (exact) mass is 450 g/mol. The molecule has 4 rings (SSSR count). The molecule has 1 aliphatic rings. The van der Waals surface area contributed by atoms with Crippen molar-refractivity contribution >= 4 is 23.3 Å². The molecule has 3 heterocycles. The molecule has 3 aromatic rings. The molecule has 166 valence electrons. The van der Waals surface area contributed by atoms with Crippen LogP contribution in [0.5, 0.6) is 5.75 Å². The molecule has 0 spiro atoms. The number of thiocarbonyl (C=S) groups is 1. The van der Waals surface area contributed by atoms with Crippen LogP contribution < -0.4 is 10.1 Å². The quantitative estimate of drug-likeness (QED) is 0.413. The lowest BCUT2D eigenvalue weighted by atomic mass is 10.0. The summed E-state index contributed by atoms with van der Waals surface area (Å²) in [6, 6.07) is 17.8. The summed E-state index contributed by atoms with van der Waals surface area (Å²) in [5.41, 5.74) is 3.02. The van der Waals surface area contributed by atoms with E-state index in [-0.39, 0.29) is 18.1 Å². The summed E-state index contributed by atoms with van der Waals surface area (Å²) in [5, 5.41) is 4.10. The van der Waals surface area contributed by atoms with Gasteiger partial charge in [0.15, 0.2) is 5.11 Å². The summed E-state index contributed by atoms with van der Waals surface area (Å²) < 4.78 is 12.3. The fourth-order valence-corrected chi connectivity index (χ4v) is 4.41. The van der Waals surface area contributed by atoms with Gasteiger partial charge in [0.2, 0.25) is 0 Å². The molecule has 2 atom stereocenters. The minimum atomic E-state index is -0.220. The minimum absolute atomic E-state index is 0.0906. The molecule has 0 saturated carbocycles. The summed E-state index contributed by atoms with van der Waals surface area (Å²) in [4.78, 5) is 18.4. The second-order valence-corrected chi connectivity index (χ2v) is 7.89. The number of ether oxygens (including phenoxy) is 2. The Morgan fingerprint density at radius 2 is 1.94 bits per heavy atom. The van der Waals surface area contributed by atoms with E-state index in [1.807, 2.05) is 54.7 Å². The SMILES string of the molecule is COC(=O)CCCN1C(=S)N[C@@H](c2ccccn2)[C@@H]1c1cccn1-c1ccc(OC)cc1. The maximum absolute atomic E-state index is 11.6. The number of aromatic nitrogens is 2. The van der Waals surface area contributed by atoms with Crippen LogP contribution in [0.25, 0.3) is 5.69 Å². The van der Waals surface area contributed by atoms with E-state index in [0.29, 0.717) is 24.5 Å². The van der Waals surface area contributed by atoms with E-state index < -0.39 is 0 Å². The average Bonchev–Trinajstić information content (AvgIpc) is 3.44. The highest BCUT2D eigenvalue weighted by Crippen LogP contribution is 2.39. The van der Waals surface area contributed by atoms with Gasteiger partial charge >= 0.3 is 5.97 Å². The molecule has 1 aliphatic heterocycles. The summed E-state index contributed by atoms with van der Waals surface area (Å²) >= 11 is 5.71. The number of hydrogen-bond acceptors (Lipinski definition) is 5. The first-order valence-corrected chi connectivity index (χ1v) is 10.9. The number of nitrogens with one attached hydrogen (secondary N) is 1. The van der Waals surface area contributed by atoms with Crippen molar-refractivity contribution in [3.63, 3.8) is 0 Å². The van der Waals surface area contributed by atoms with Crippen LogP contribution in [0.1, 0.15) is 36.3 Å². The van der Waals surface area contributed by atoms with E-state index in [9.17, 15) is 4.79 Å². The Hall–Kier alpha value is -3.39. The largest absolute Gasteiger partial charge is 0.497 e. The van der Waals surface area contributed by atoms with Gasteiger partial charge in [0.05, 0.1) is 32.0 Å². The summed E-state index contributed by atoms with van der Waals surface area (Å²) in [6.45, 7) is 0.628. The molecule has 2 aromatic heterocycles. The van der Waals surface area contributed by atoms with Crippen LogP contribution in [0.3, 0.4) is 0 Å². The van der Waals surface area contributed by atoms with Crippen molar-refractivity contribution in [3.8, 4) is 11.4 Å². The van der Waals surface area contributed by atoms with E-state index in [1.165, 1.54) is 7.11 Å². The predicted octanol–water partition coefficient (Wildman–Crippen LogP) is 3.81. The first kappa shape index (κ1) is 21.8. The molecular weight excluding hydrogens is 424 g/mol. The standard InChI is InChI=1S/C24H26N4O3S/c1-30-18-12-10-17(11-13-18)27-15-5-8-20(27)23-22(19-7-3-4-14-25-19)26-24(32)28(23)16-6-9-21(29)31-2/h3-5,7-8,10-15,22-23H,6,9,16H2,1-2H3,(H,26,32)/t22-,23-/m0/s1. The fourth-order valence-electron chi connectivity index (χ4n) is 4.08. The van der Waals surface area contributed by atoms with E-state index in [4.69, 9.17) is 21.7 Å². The van der Waals surface area contributed by atoms with Gasteiger partial charge in [-0.05, 0) is 67.2 Å². The zero-order chi connectivity index (χ0) is 22.5. The van der Waals surface area contributed by atoms with E-state index >= 15 is 0 Å². The van der Waals surface area contributed by atoms with Crippen LogP contribution in [0, 0.1) is 0 Å². The topological polar surface area (TPSA) is 68.6 Å². The Labute approximate surface area is 193 Å². The fraction of sp³-hybridized carbons (Fsp3) is 0.292. The third-order valence-corrected chi connectivity index (χ3v) is 5.99. The number of esters is 1. The number of nitrogens with zero attached hydrogens (tertiary/aromatic N) is 3. The second-order valence-electron chi connectivity index (χ2n) is 7.50. The number of carbonyl (C=O) groups is 1. The van der Waals surface area contributed by atoms with Crippen LogP contribution in [-0.4, -0.2) is 46.3 Å². The molecule has 1 fully saturated rings. The predicted molar refractivity (Wildman–Crippen MR) is 126 cm³/mol. The highest BCUT2D eigenvalue weighted by Gasteiger charge is 2.41. The normalized spacial score (nSPS) is 17.8. The number of methoxy groups -OCH3 is 2. The first-order chi connectivity index (χ1) is 15.6. The highest BCUT2D eigenvalue weighted by molar-refractivity contribution is 7.80. The zero-order valence-corrected chi connectivity index (χ0v) is 18.9. The van der Waals surface area contributed by atoms with Gasteiger partial charge in [0.1, 0.15) is 5.75 Å². The Kier molecular flexibility index (Phi) is 6.70. The molecule has 0 aliphatic carbocycles. The number of hydrogen-bond donors (Lipinski definition) is 1. The molecule has 0 radical (unpaired) electrons. The van der Waals surface area contributed by atoms with Crippen molar-refractivity contribution in [2.75, 3.05) is 20.8 Å². The Balaban J connectivity index is 1.70. The van der Waals surface area contributed by atoms with Crippen molar-refractivity contribution in [1.82, 2.24) is 19.8 Å². The van der Waals surface area contributed by atoms with Gasteiger partial charge in [-0.25, -0.2) is 0 Å². The Morgan fingerprint density at radius 3 is 2.62 bits per heavy atom. The van der Waals surface area contributed by atoms with Gasteiger partial charge in [-0.3, -0.25) is 9.78 Å². The molecule has 8 heteroatoms. The lowest BCUT2D eigenvalue weighted by molar-refractivity contribution is -0.140.